The second-order valence-electron chi connectivity index (χ2n) is 3.07. The maximum atomic E-state index is 8.37. The summed E-state index contributed by atoms with van der Waals surface area (Å²) in [4.78, 5) is 0. The minimum atomic E-state index is -0.224. The van der Waals surface area contributed by atoms with E-state index in [9.17, 15) is 0 Å². The fourth-order valence-corrected chi connectivity index (χ4v) is 1.41. The Hall–Kier alpha value is -1.99. The van der Waals surface area contributed by atoms with Gasteiger partial charge in [-0.3, -0.25) is 5.21 Å². The highest BCUT2D eigenvalue weighted by Gasteiger charge is 2.15. The van der Waals surface area contributed by atoms with Crippen molar-refractivity contribution in [1.29, 1.82) is 0 Å². The molecule has 8 heteroatoms. The van der Waals surface area contributed by atoms with Gasteiger partial charge in [0.1, 0.15) is 0 Å². The summed E-state index contributed by atoms with van der Waals surface area (Å²) >= 11 is 5.99. The largest absolute Gasteiger partial charge is 0.454 e. The summed E-state index contributed by atoms with van der Waals surface area (Å²) in [6.07, 6.45) is 1.38. The molecule has 0 amide bonds. The quantitative estimate of drug-likeness (QED) is 0.411. The third-order valence-corrected chi connectivity index (χ3v) is 2.30. The van der Waals surface area contributed by atoms with E-state index < -0.39 is 0 Å². The van der Waals surface area contributed by atoms with Gasteiger partial charge < -0.3 is 15.2 Å². The lowest BCUT2D eigenvalue weighted by atomic mass is 10.2. The Kier molecular flexibility index (Phi) is 3.31. The molecule has 17 heavy (non-hydrogen) atoms. The topological polar surface area (TPSA) is 101 Å². The Morgan fingerprint density at radius 2 is 2.18 bits per heavy atom. The summed E-state index contributed by atoms with van der Waals surface area (Å²) in [6, 6.07) is 3.30. The van der Waals surface area contributed by atoms with Gasteiger partial charge in [0.05, 0.1) is 11.2 Å². The third-order valence-electron chi connectivity index (χ3n) is 1.97. The summed E-state index contributed by atoms with van der Waals surface area (Å²) in [5, 5.41) is 15.9. The van der Waals surface area contributed by atoms with Crippen molar-refractivity contribution in [1.82, 2.24) is 5.48 Å². The molecule has 0 atom stereocenters. The van der Waals surface area contributed by atoms with Gasteiger partial charge in [0.2, 0.25) is 12.8 Å². The number of nitrogens with two attached hydrogens (primary N) is 1. The molecule has 1 aromatic rings. The number of guanidine groups is 1. The van der Waals surface area contributed by atoms with E-state index >= 15 is 0 Å². The molecule has 0 aromatic heterocycles. The zero-order chi connectivity index (χ0) is 12.3. The van der Waals surface area contributed by atoms with Crippen molar-refractivity contribution in [2.24, 2.45) is 15.9 Å². The average molecular weight is 257 g/mol. The molecule has 2 rings (SSSR count). The van der Waals surface area contributed by atoms with Crippen LogP contribution in [0.15, 0.2) is 22.3 Å². The summed E-state index contributed by atoms with van der Waals surface area (Å²) in [5.41, 5.74) is 7.41. The summed E-state index contributed by atoms with van der Waals surface area (Å²) in [7, 11) is 0. The molecule has 1 aliphatic heterocycles. The SMILES string of the molecule is N/C(=N\N=C\c1cc2c(cc1Cl)OCO2)NO. The van der Waals surface area contributed by atoms with Crippen LogP contribution < -0.4 is 20.7 Å². The van der Waals surface area contributed by atoms with Crippen LogP contribution in [0.1, 0.15) is 5.56 Å². The Labute approximate surface area is 101 Å². The van der Waals surface area contributed by atoms with E-state index in [0.29, 0.717) is 22.1 Å². The number of halogens is 1. The zero-order valence-corrected chi connectivity index (χ0v) is 9.31. The first-order chi connectivity index (χ1) is 8.20. The molecule has 0 radical (unpaired) electrons. The number of ether oxygens (including phenoxy) is 2. The van der Waals surface area contributed by atoms with Gasteiger partial charge in [0.25, 0.3) is 0 Å². The van der Waals surface area contributed by atoms with E-state index in [0.717, 1.165) is 0 Å². The second kappa shape index (κ2) is 4.89. The molecule has 0 fully saturated rings. The summed E-state index contributed by atoms with van der Waals surface area (Å²) < 4.78 is 10.3. The highest BCUT2D eigenvalue weighted by Crippen LogP contribution is 2.36. The molecule has 1 heterocycles. The lowest BCUT2D eigenvalue weighted by Crippen LogP contribution is -2.27. The predicted molar refractivity (Wildman–Crippen MR) is 61.7 cm³/mol. The van der Waals surface area contributed by atoms with E-state index in [1.807, 2.05) is 0 Å². The van der Waals surface area contributed by atoms with Gasteiger partial charge in [-0.05, 0) is 6.07 Å². The maximum absolute atomic E-state index is 8.37. The van der Waals surface area contributed by atoms with Crippen molar-refractivity contribution in [3.05, 3.63) is 22.7 Å². The molecule has 0 bridgehead atoms. The average Bonchev–Trinajstić information content (AvgIpc) is 2.76. The molecule has 0 aliphatic carbocycles. The normalized spacial score (nSPS) is 14.4. The Morgan fingerprint density at radius 1 is 1.47 bits per heavy atom. The number of hydrogen-bond donors (Lipinski definition) is 3. The minimum absolute atomic E-state index is 0.172. The third kappa shape index (κ3) is 2.58. The van der Waals surface area contributed by atoms with E-state index in [1.54, 1.807) is 17.6 Å². The number of nitrogens with zero attached hydrogens (tertiary/aromatic N) is 2. The number of benzene rings is 1. The van der Waals surface area contributed by atoms with Gasteiger partial charge in [0.15, 0.2) is 11.5 Å². The molecule has 4 N–H and O–H groups in total. The van der Waals surface area contributed by atoms with Gasteiger partial charge in [0, 0.05) is 11.6 Å². The molecule has 0 unspecified atom stereocenters. The first kappa shape index (κ1) is 11.5. The van der Waals surface area contributed by atoms with E-state index in [1.165, 1.54) is 6.21 Å². The molecule has 0 saturated heterocycles. The van der Waals surface area contributed by atoms with Crippen LogP contribution in [0.25, 0.3) is 0 Å². The van der Waals surface area contributed by atoms with Crippen molar-refractivity contribution < 1.29 is 14.7 Å². The van der Waals surface area contributed by atoms with E-state index in [2.05, 4.69) is 10.2 Å². The zero-order valence-electron chi connectivity index (χ0n) is 8.55. The number of hydrogen-bond acceptors (Lipinski definition) is 5. The van der Waals surface area contributed by atoms with Crippen molar-refractivity contribution in [3.63, 3.8) is 0 Å². The standard InChI is InChI=1S/C9H9ClN4O3/c10-6-2-8-7(16-4-17-8)1-5(6)3-12-13-9(11)14-15/h1-3,15H,4H2,(H3,11,13,14)/b12-3+. The summed E-state index contributed by atoms with van der Waals surface area (Å²) in [6.45, 7) is 0.172. The Morgan fingerprint density at radius 3 is 2.88 bits per heavy atom. The lowest BCUT2D eigenvalue weighted by Gasteiger charge is -2.00. The van der Waals surface area contributed by atoms with Crippen LogP contribution in [0.4, 0.5) is 0 Å². The van der Waals surface area contributed by atoms with Crippen molar-refractivity contribution in [2.45, 2.75) is 0 Å². The highest BCUT2D eigenvalue weighted by molar-refractivity contribution is 6.33. The van der Waals surface area contributed by atoms with Crippen LogP contribution in [-0.2, 0) is 0 Å². The smallest absolute Gasteiger partial charge is 0.237 e. The fourth-order valence-electron chi connectivity index (χ4n) is 1.21. The van der Waals surface area contributed by atoms with Crippen LogP contribution in [0.3, 0.4) is 0 Å². The maximum Gasteiger partial charge on any atom is 0.237 e. The predicted octanol–water partition coefficient (Wildman–Crippen LogP) is 0.696. The molecule has 0 spiro atoms. The Balaban J connectivity index is 2.22. The lowest BCUT2D eigenvalue weighted by molar-refractivity contribution is 0.174. The number of nitrogens with one attached hydrogen (secondary N) is 1. The monoisotopic (exact) mass is 256 g/mol. The van der Waals surface area contributed by atoms with Crippen LogP contribution in [0, 0.1) is 0 Å². The fraction of sp³-hybridized carbons (Fsp3) is 0.111. The first-order valence-corrected chi connectivity index (χ1v) is 4.94. The molecule has 7 nitrogen and oxygen atoms in total. The molecule has 1 aromatic carbocycles. The minimum Gasteiger partial charge on any atom is -0.454 e. The van der Waals surface area contributed by atoms with Gasteiger partial charge in [-0.15, -0.1) is 5.10 Å². The van der Waals surface area contributed by atoms with Gasteiger partial charge in [-0.2, -0.15) is 5.10 Å². The van der Waals surface area contributed by atoms with Crippen molar-refractivity contribution >= 4 is 23.8 Å². The summed E-state index contributed by atoms with van der Waals surface area (Å²) in [5.74, 6) is 0.957. The number of rotatable bonds is 2. The van der Waals surface area contributed by atoms with Crippen molar-refractivity contribution in [2.75, 3.05) is 6.79 Å². The van der Waals surface area contributed by atoms with Gasteiger partial charge >= 0.3 is 0 Å². The number of fused-ring (bicyclic) bond motifs is 1. The molecule has 0 saturated carbocycles. The Bertz CT molecular complexity index is 489. The van der Waals surface area contributed by atoms with E-state index in [4.69, 9.17) is 32.0 Å². The molecular weight excluding hydrogens is 248 g/mol. The van der Waals surface area contributed by atoms with Gasteiger partial charge in [-0.1, -0.05) is 11.6 Å². The van der Waals surface area contributed by atoms with Gasteiger partial charge in [-0.25, -0.2) is 5.48 Å². The molecule has 1 aliphatic rings. The van der Waals surface area contributed by atoms with Crippen LogP contribution in [0.5, 0.6) is 11.5 Å². The van der Waals surface area contributed by atoms with Crippen LogP contribution >= 0.6 is 11.6 Å². The van der Waals surface area contributed by atoms with Crippen molar-refractivity contribution in [3.8, 4) is 11.5 Å². The van der Waals surface area contributed by atoms with Crippen LogP contribution in [-0.4, -0.2) is 24.2 Å². The van der Waals surface area contributed by atoms with E-state index in [-0.39, 0.29) is 12.8 Å². The highest BCUT2D eigenvalue weighted by atomic mass is 35.5. The molecule has 90 valence electrons. The van der Waals surface area contributed by atoms with Crippen LogP contribution in [0.2, 0.25) is 5.02 Å². The molecular formula is C9H9ClN4O3. The number of hydroxylamine groups is 1. The first-order valence-electron chi connectivity index (χ1n) is 4.56. The second-order valence-corrected chi connectivity index (χ2v) is 3.48.